The SMILES string of the molecule is CNN1CSC(c2ccncc2)=C1CCl. The summed E-state index contributed by atoms with van der Waals surface area (Å²) in [6.45, 7) is 0. The summed E-state index contributed by atoms with van der Waals surface area (Å²) in [4.78, 5) is 5.25. The first-order valence-corrected chi connectivity index (χ1v) is 6.16. The number of nitrogens with one attached hydrogen (secondary N) is 1. The highest BCUT2D eigenvalue weighted by Gasteiger charge is 2.22. The smallest absolute Gasteiger partial charge is 0.0843 e. The largest absolute Gasteiger partial charge is 0.300 e. The molecule has 0 aliphatic carbocycles. The highest BCUT2D eigenvalue weighted by atomic mass is 35.5. The van der Waals surface area contributed by atoms with Crippen LogP contribution in [0.3, 0.4) is 0 Å². The molecule has 1 aromatic heterocycles. The first-order chi connectivity index (χ1) is 7.36. The molecule has 15 heavy (non-hydrogen) atoms. The van der Waals surface area contributed by atoms with Gasteiger partial charge in [0.25, 0.3) is 0 Å². The van der Waals surface area contributed by atoms with Crippen LogP contribution in [0.25, 0.3) is 4.91 Å². The van der Waals surface area contributed by atoms with Crippen molar-refractivity contribution in [2.45, 2.75) is 0 Å². The van der Waals surface area contributed by atoms with Crippen molar-refractivity contribution in [3.8, 4) is 0 Å². The van der Waals surface area contributed by atoms with Crippen LogP contribution in [0, 0.1) is 0 Å². The minimum Gasteiger partial charge on any atom is -0.300 e. The van der Waals surface area contributed by atoms with Crippen LogP contribution in [0.15, 0.2) is 30.2 Å². The van der Waals surface area contributed by atoms with Crippen LogP contribution >= 0.6 is 23.4 Å². The zero-order chi connectivity index (χ0) is 10.7. The van der Waals surface area contributed by atoms with Gasteiger partial charge >= 0.3 is 0 Å². The fourth-order valence-electron chi connectivity index (χ4n) is 1.50. The Bertz CT molecular complexity index is 366. The molecule has 1 aliphatic heterocycles. The van der Waals surface area contributed by atoms with Crippen molar-refractivity contribution < 1.29 is 0 Å². The Balaban J connectivity index is 2.35. The standard InChI is InChI=1S/C10H12ClN3S/c1-12-14-7-15-10(9(14)6-11)8-2-4-13-5-3-8/h2-5,12H,6-7H2,1H3. The van der Waals surface area contributed by atoms with Crippen molar-refractivity contribution in [2.75, 3.05) is 18.8 Å². The Hall–Kier alpha value is -0.710. The average molecular weight is 242 g/mol. The van der Waals surface area contributed by atoms with E-state index in [1.54, 1.807) is 24.2 Å². The van der Waals surface area contributed by atoms with Crippen LogP contribution in [-0.2, 0) is 0 Å². The van der Waals surface area contributed by atoms with Gasteiger partial charge in [-0.15, -0.1) is 23.4 Å². The molecule has 0 unspecified atom stereocenters. The van der Waals surface area contributed by atoms with Gasteiger partial charge in [0.15, 0.2) is 0 Å². The zero-order valence-corrected chi connectivity index (χ0v) is 9.98. The second-order valence-corrected chi connectivity index (χ2v) is 4.29. The predicted molar refractivity (Wildman–Crippen MR) is 65.2 cm³/mol. The lowest BCUT2D eigenvalue weighted by Gasteiger charge is -2.18. The molecule has 2 heterocycles. The zero-order valence-electron chi connectivity index (χ0n) is 8.40. The van der Waals surface area contributed by atoms with Crippen LogP contribution in [0.4, 0.5) is 0 Å². The molecule has 0 fully saturated rings. The Morgan fingerprint density at radius 2 is 2.27 bits per heavy atom. The van der Waals surface area contributed by atoms with Gasteiger partial charge in [-0.3, -0.25) is 4.98 Å². The number of hydrogen-bond donors (Lipinski definition) is 1. The number of hydrogen-bond acceptors (Lipinski definition) is 4. The van der Waals surface area contributed by atoms with Crippen molar-refractivity contribution in [3.63, 3.8) is 0 Å². The van der Waals surface area contributed by atoms with Crippen LogP contribution in [0.1, 0.15) is 5.56 Å². The molecule has 5 heteroatoms. The van der Waals surface area contributed by atoms with Gasteiger partial charge in [0, 0.05) is 24.3 Å². The van der Waals surface area contributed by atoms with Crippen LogP contribution < -0.4 is 5.43 Å². The topological polar surface area (TPSA) is 28.2 Å². The average Bonchev–Trinajstić information content (AvgIpc) is 2.72. The number of hydrazine groups is 1. The molecule has 0 bridgehead atoms. The summed E-state index contributed by atoms with van der Waals surface area (Å²) in [7, 11) is 1.91. The summed E-state index contributed by atoms with van der Waals surface area (Å²) in [5.74, 6) is 1.42. The number of halogens is 1. The van der Waals surface area contributed by atoms with Crippen molar-refractivity contribution in [2.24, 2.45) is 0 Å². The molecule has 2 rings (SSSR count). The number of aromatic nitrogens is 1. The summed E-state index contributed by atoms with van der Waals surface area (Å²) in [5, 5.41) is 2.06. The Morgan fingerprint density at radius 1 is 1.53 bits per heavy atom. The van der Waals surface area contributed by atoms with Crippen molar-refractivity contribution in [1.29, 1.82) is 0 Å². The molecule has 0 radical (unpaired) electrons. The monoisotopic (exact) mass is 241 g/mol. The number of pyridine rings is 1. The molecular formula is C10H12ClN3S. The first-order valence-electron chi connectivity index (χ1n) is 4.64. The van der Waals surface area contributed by atoms with Crippen molar-refractivity contribution in [1.82, 2.24) is 15.4 Å². The lowest BCUT2D eigenvalue weighted by Crippen LogP contribution is -2.31. The van der Waals surface area contributed by atoms with E-state index in [1.165, 1.54) is 10.5 Å². The molecule has 0 atom stereocenters. The molecule has 80 valence electrons. The highest BCUT2D eigenvalue weighted by molar-refractivity contribution is 8.08. The van der Waals surface area contributed by atoms with Crippen LogP contribution in [-0.4, -0.2) is 28.8 Å². The van der Waals surface area contributed by atoms with E-state index in [4.69, 9.17) is 11.6 Å². The van der Waals surface area contributed by atoms with Crippen molar-refractivity contribution >= 4 is 28.3 Å². The number of allylic oxidation sites excluding steroid dienone is 1. The lowest BCUT2D eigenvalue weighted by molar-refractivity contribution is 0.328. The summed E-state index contributed by atoms with van der Waals surface area (Å²) >= 11 is 7.75. The Morgan fingerprint density at radius 3 is 2.87 bits per heavy atom. The lowest BCUT2D eigenvalue weighted by atomic mass is 10.2. The van der Waals surface area contributed by atoms with Gasteiger partial charge in [0.05, 0.1) is 17.5 Å². The second kappa shape index (κ2) is 4.88. The Kier molecular flexibility index (Phi) is 3.51. The number of thioether (sulfide) groups is 1. The van der Waals surface area contributed by atoms with E-state index >= 15 is 0 Å². The van der Waals surface area contributed by atoms with Gasteiger partial charge in [-0.1, -0.05) is 0 Å². The maximum atomic E-state index is 5.96. The van der Waals surface area contributed by atoms with E-state index in [2.05, 4.69) is 15.4 Å². The molecule has 0 saturated heterocycles. The molecule has 0 aromatic carbocycles. The van der Waals surface area contributed by atoms with Crippen LogP contribution in [0.2, 0.25) is 0 Å². The number of rotatable bonds is 3. The molecule has 3 nitrogen and oxygen atoms in total. The van der Waals surface area contributed by atoms with E-state index in [9.17, 15) is 0 Å². The molecule has 0 saturated carbocycles. The molecule has 1 aromatic rings. The van der Waals surface area contributed by atoms with Gasteiger partial charge < -0.3 is 5.01 Å². The van der Waals surface area contributed by atoms with E-state index in [-0.39, 0.29) is 0 Å². The summed E-state index contributed by atoms with van der Waals surface area (Å²) in [5.41, 5.74) is 5.44. The third-order valence-electron chi connectivity index (χ3n) is 2.26. The molecule has 1 aliphatic rings. The van der Waals surface area contributed by atoms with E-state index in [0.29, 0.717) is 5.88 Å². The number of nitrogens with zero attached hydrogens (tertiary/aromatic N) is 2. The van der Waals surface area contributed by atoms with E-state index in [0.717, 1.165) is 11.6 Å². The van der Waals surface area contributed by atoms with E-state index < -0.39 is 0 Å². The highest BCUT2D eigenvalue weighted by Crippen LogP contribution is 2.38. The molecule has 0 amide bonds. The fraction of sp³-hybridized carbons (Fsp3) is 0.300. The molecule has 0 spiro atoms. The normalized spacial score (nSPS) is 16.3. The van der Waals surface area contributed by atoms with Gasteiger partial charge in [-0.05, 0) is 17.7 Å². The van der Waals surface area contributed by atoms with E-state index in [1.807, 2.05) is 19.2 Å². The third kappa shape index (κ3) is 2.12. The Labute approximate surface area is 98.5 Å². The summed E-state index contributed by atoms with van der Waals surface area (Å²) < 4.78 is 0. The maximum Gasteiger partial charge on any atom is 0.0843 e. The van der Waals surface area contributed by atoms with Gasteiger partial charge in [-0.2, -0.15) is 0 Å². The fourth-order valence-corrected chi connectivity index (χ4v) is 3.05. The van der Waals surface area contributed by atoms with Gasteiger partial charge in [0.1, 0.15) is 0 Å². The summed E-state index contributed by atoms with van der Waals surface area (Å²) in [6.07, 6.45) is 3.60. The first kappa shape index (κ1) is 10.8. The summed E-state index contributed by atoms with van der Waals surface area (Å²) in [6, 6.07) is 4.02. The van der Waals surface area contributed by atoms with Crippen LogP contribution in [0.5, 0.6) is 0 Å². The quantitative estimate of drug-likeness (QED) is 0.821. The van der Waals surface area contributed by atoms with Gasteiger partial charge in [-0.25, -0.2) is 5.43 Å². The maximum absolute atomic E-state index is 5.96. The minimum absolute atomic E-state index is 0.519. The predicted octanol–water partition coefficient (Wildman–Crippen LogP) is 2.13. The molecular weight excluding hydrogens is 230 g/mol. The van der Waals surface area contributed by atoms with Gasteiger partial charge in [0.2, 0.25) is 0 Å². The van der Waals surface area contributed by atoms with Crippen molar-refractivity contribution in [3.05, 3.63) is 35.8 Å². The third-order valence-corrected chi connectivity index (χ3v) is 3.67. The minimum atomic E-state index is 0.519. The molecule has 1 N–H and O–H groups in total. The second-order valence-electron chi connectivity index (χ2n) is 3.07. The number of alkyl halides is 1.